The number of piperidine rings is 1. The molecule has 9 heterocycles. The van der Waals surface area contributed by atoms with Gasteiger partial charge in [-0.15, -0.1) is 11.3 Å². The molecule has 0 unspecified atom stereocenters. The topological polar surface area (TPSA) is 215 Å². The van der Waals surface area contributed by atoms with E-state index in [4.69, 9.17) is 28.4 Å². The summed E-state index contributed by atoms with van der Waals surface area (Å²) in [6, 6.07) is 44.4. The van der Waals surface area contributed by atoms with E-state index in [0.29, 0.717) is 82.8 Å². The van der Waals surface area contributed by atoms with Crippen molar-refractivity contribution in [1.29, 1.82) is 0 Å². The molecule has 9 aromatic rings. The highest BCUT2D eigenvalue weighted by atomic mass is 32.2. The number of ether oxygens (including phenoxy) is 6. The summed E-state index contributed by atoms with van der Waals surface area (Å²) in [6.45, 7) is 19.6. The third-order valence-electron chi connectivity index (χ3n) is 23.7. The van der Waals surface area contributed by atoms with E-state index in [9.17, 15) is 28.0 Å². The molecule has 24 nitrogen and oxygen atoms in total. The number of thioether (sulfide) groups is 1. The SMILES string of the molecule is CCN1CCN(c2cccc3c2CN([C@H](CCCSc2cccc[n+]2[O-])c2ccc(OC)c(OC)c2)C3=O)CC1.CCN1CCN(c2cccc3c2CN([C@H](CCCn2ccnc2)c2ccc(OC)c(OC)c2)C3=O)CC1.COc1ccc([C@@H](CCCN(C)S(=O)(=O)c2cccs2)N2Cc3c(cccc3N3CCCCC3)C2=O)cc1OC. The number of aromatic nitrogens is 3. The Kier molecular flexibility index (Phi) is 29.0. The number of piperazine rings is 2. The molecule has 3 saturated heterocycles. The normalized spacial score (nSPS) is 16.4. The lowest BCUT2D eigenvalue weighted by Gasteiger charge is -2.36. The van der Waals surface area contributed by atoms with Gasteiger partial charge < -0.3 is 77.4 Å². The molecule has 0 aliphatic carbocycles. The number of imidazole rings is 1. The van der Waals surface area contributed by atoms with E-state index in [0.717, 1.165) is 190 Å². The molecule has 3 fully saturated rings. The van der Waals surface area contributed by atoms with Crippen molar-refractivity contribution in [2.45, 2.75) is 125 Å². The van der Waals surface area contributed by atoms with E-state index in [1.165, 1.54) is 39.6 Å². The predicted molar refractivity (Wildman–Crippen MR) is 461 cm³/mol. The van der Waals surface area contributed by atoms with Gasteiger partial charge in [0.1, 0.15) is 4.21 Å². The van der Waals surface area contributed by atoms with E-state index in [1.54, 1.807) is 91.2 Å². The molecule has 6 aromatic carbocycles. The number of anilines is 3. The maximum atomic E-state index is 13.9. The summed E-state index contributed by atoms with van der Waals surface area (Å²) in [6.07, 6.45) is 15.2. The zero-order valence-corrected chi connectivity index (χ0v) is 71.4. The number of methoxy groups -OCH3 is 6. The number of fused-ring (bicyclic) bond motifs is 3. The molecule has 0 spiro atoms. The van der Waals surface area contributed by atoms with Gasteiger partial charge >= 0.3 is 0 Å². The van der Waals surface area contributed by atoms with Crippen molar-refractivity contribution in [3.63, 3.8) is 0 Å². The maximum Gasteiger partial charge on any atom is 0.255 e. The molecule has 0 saturated carbocycles. The second kappa shape index (κ2) is 39.9. The highest BCUT2D eigenvalue weighted by Crippen LogP contribution is 2.46. The fraction of sp³-hybridized carbons (Fsp3) is 0.433. The number of likely N-dealkylation sites (N-methyl/N-ethyl adjacent to an activating group) is 2. The van der Waals surface area contributed by atoms with Crippen LogP contribution in [0.15, 0.2) is 179 Å². The molecular formula is C90H112N12O12S3. The first-order valence-corrected chi connectivity index (χ1v) is 44.2. The summed E-state index contributed by atoms with van der Waals surface area (Å²) in [5.41, 5.74) is 12.3. The van der Waals surface area contributed by atoms with E-state index >= 15 is 0 Å². The number of carbonyl (C=O) groups is 3. The third kappa shape index (κ3) is 19.4. The summed E-state index contributed by atoms with van der Waals surface area (Å²) < 4.78 is 63.9. The number of nitrogens with zero attached hydrogens (tertiary/aromatic N) is 12. The van der Waals surface area contributed by atoms with Crippen molar-refractivity contribution >= 4 is 67.9 Å². The number of thiophene rings is 1. The number of benzene rings is 6. The van der Waals surface area contributed by atoms with E-state index in [1.807, 2.05) is 124 Å². The van der Waals surface area contributed by atoms with Crippen molar-refractivity contribution in [1.82, 2.24) is 38.4 Å². The Labute approximate surface area is 698 Å². The van der Waals surface area contributed by atoms with Crippen LogP contribution in [0.2, 0.25) is 0 Å². The number of carbonyl (C=O) groups excluding carboxylic acids is 3. The van der Waals surface area contributed by atoms with Crippen LogP contribution in [0.4, 0.5) is 17.1 Å². The number of amides is 3. The zero-order chi connectivity index (χ0) is 82.1. The van der Waals surface area contributed by atoms with Gasteiger partial charge in [0.05, 0.1) is 67.1 Å². The maximum absolute atomic E-state index is 13.9. The van der Waals surface area contributed by atoms with Gasteiger partial charge in [-0.2, -0.15) is 4.73 Å². The minimum Gasteiger partial charge on any atom is -0.618 e. The second-order valence-corrected chi connectivity index (χ2v) is 34.5. The van der Waals surface area contributed by atoms with Gasteiger partial charge in [-0.05, 0) is 178 Å². The van der Waals surface area contributed by atoms with Crippen LogP contribution in [0.3, 0.4) is 0 Å². The van der Waals surface area contributed by atoms with Gasteiger partial charge in [0.2, 0.25) is 0 Å². The van der Waals surface area contributed by atoms with Crippen molar-refractivity contribution in [3.05, 3.63) is 225 Å². The number of pyridine rings is 1. The van der Waals surface area contributed by atoms with Gasteiger partial charge in [0.15, 0.2) is 40.7 Å². The average Bonchev–Trinajstić information content (AvgIpc) is 1.63. The van der Waals surface area contributed by atoms with Crippen molar-refractivity contribution in [2.24, 2.45) is 0 Å². The van der Waals surface area contributed by atoms with Crippen LogP contribution in [-0.4, -0.2) is 205 Å². The predicted octanol–water partition coefficient (Wildman–Crippen LogP) is 14.5. The highest BCUT2D eigenvalue weighted by molar-refractivity contribution is 7.99. The Morgan fingerprint density at radius 2 is 0.940 bits per heavy atom. The molecule has 117 heavy (non-hydrogen) atoms. The van der Waals surface area contributed by atoms with Gasteiger partial charge in [-0.3, -0.25) is 14.4 Å². The van der Waals surface area contributed by atoms with Gasteiger partial charge in [-0.25, -0.2) is 17.7 Å². The number of aryl methyl sites for hydroxylation is 1. The average molecular weight is 1650 g/mol. The molecule has 3 atom stereocenters. The molecule has 27 heteroatoms. The summed E-state index contributed by atoms with van der Waals surface area (Å²) >= 11 is 2.76. The first kappa shape index (κ1) is 84.9. The number of hydrogen-bond acceptors (Lipinski definition) is 20. The largest absolute Gasteiger partial charge is 0.618 e. The van der Waals surface area contributed by atoms with Crippen LogP contribution in [0.1, 0.15) is 154 Å². The van der Waals surface area contributed by atoms with Crippen LogP contribution in [0, 0.1) is 5.21 Å². The molecule has 0 N–H and O–H groups in total. The molecule has 6 aliphatic rings. The Morgan fingerprint density at radius 3 is 1.34 bits per heavy atom. The summed E-state index contributed by atoms with van der Waals surface area (Å²) in [4.78, 5) is 64.0. The summed E-state index contributed by atoms with van der Waals surface area (Å²) in [7, 11) is 7.82. The lowest BCUT2D eigenvalue weighted by Crippen LogP contribution is -2.46. The van der Waals surface area contributed by atoms with Crippen LogP contribution in [0.5, 0.6) is 34.5 Å². The van der Waals surface area contributed by atoms with Crippen molar-refractivity contribution in [3.8, 4) is 34.5 Å². The fourth-order valence-electron chi connectivity index (χ4n) is 17.1. The Bertz CT molecular complexity index is 4940. The lowest BCUT2D eigenvalue weighted by molar-refractivity contribution is -0.645. The Morgan fingerprint density at radius 1 is 0.504 bits per heavy atom. The van der Waals surface area contributed by atoms with Crippen LogP contribution < -0.4 is 47.9 Å². The van der Waals surface area contributed by atoms with Crippen molar-refractivity contribution in [2.75, 3.05) is 155 Å². The number of sulfonamides is 1. The lowest BCUT2D eigenvalue weighted by atomic mass is 9.99. The molecule has 15 rings (SSSR count). The molecule has 6 aliphatic heterocycles. The van der Waals surface area contributed by atoms with Crippen LogP contribution in [-0.2, 0) is 36.2 Å². The Balaban J connectivity index is 0.000000153. The monoisotopic (exact) mass is 1650 g/mol. The smallest absolute Gasteiger partial charge is 0.255 e. The molecule has 0 radical (unpaired) electrons. The highest BCUT2D eigenvalue weighted by Gasteiger charge is 2.41. The molecule has 622 valence electrons. The third-order valence-corrected chi connectivity index (χ3v) is 28.0. The number of hydrogen-bond donors (Lipinski definition) is 0. The van der Waals surface area contributed by atoms with Gasteiger partial charge in [0, 0.05) is 186 Å². The van der Waals surface area contributed by atoms with Crippen molar-refractivity contribution < 1.29 is 56.0 Å². The standard InChI is InChI=1S/C31H38N4O4S.C30H37N3O5S2.C29H37N5O3/c1-4-32-16-18-33(19-17-32)27-10-7-9-24-25(27)22-34(31(24)36)26(23-13-14-28(38-2)29(21-23)39-3)11-8-20-40-30-12-5-6-15-35(30)37;1-31(40(35,36)29-13-9-19-39-29)16-8-12-25(22-14-15-27(37-2)28(20-22)38-3)33-21-24-23(30(33)34)10-7-11-26(24)32-17-5-4-6-18-32;1-4-31-15-17-33(18-16-31)26-8-5-7-23-24(26)20-34(29(23)35)25(9-6-13-32-14-12-30-21-32)22-10-11-27(36-2)28(19-22)37-3/h5-7,9-10,12-15,21,26H,4,8,11,16-20,22H2,1-3H3;7,9-11,13-15,19-20,25H,4-6,8,12,16-18,21H2,1-3H3;5,7-8,10-12,14,19,21,25H,4,6,9,13,15-18,20H2,1-3H3/t26-;2*25-/m111/s1. The van der Waals surface area contributed by atoms with Gasteiger partial charge in [0.25, 0.3) is 32.8 Å². The summed E-state index contributed by atoms with van der Waals surface area (Å²) in [5, 5.41) is 14.5. The van der Waals surface area contributed by atoms with E-state index < -0.39 is 10.0 Å². The first-order valence-electron chi connectivity index (χ1n) is 40.9. The number of rotatable bonds is 32. The quantitative estimate of drug-likeness (QED) is 0.0166. The second-order valence-electron chi connectivity index (χ2n) is 30.2. The first-order chi connectivity index (χ1) is 57.0. The molecule has 3 aromatic heterocycles. The van der Waals surface area contributed by atoms with Crippen LogP contribution in [0.25, 0.3) is 0 Å². The van der Waals surface area contributed by atoms with E-state index in [2.05, 4.69) is 72.2 Å². The zero-order valence-electron chi connectivity index (χ0n) is 69.0. The van der Waals surface area contributed by atoms with Crippen LogP contribution >= 0.6 is 23.1 Å². The Hall–Kier alpha value is -10.0. The molecular weight excluding hydrogens is 1540 g/mol. The fourth-order valence-corrected chi connectivity index (χ4v) is 20.4. The summed E-state index contributed by atoms with van der Waals surface area (Å²) in [5.74, 6) is 4.85. The minimum atomic E-state index is -3.54. The molecule has 0 bridgehead atoms. The van der Waals surface area contributed by atoms with E-state index in [-0.39, 0.29) is 35.8 Å². The van der Waals surface area contributed by atoms with Gasteiger partial charge in [-0.1, -0.05) is 68.1 Å². The minimum absolute atomic E-state index is 0.00760. The molecule has 3 amide bonds.